The number of carbonyl (C=O) groups is 1. The molecule has 1 aromatic rings. The maximum atomic E-state index is 11.3. The largest absolute Gasteiger partial charge is 0.482 e. The molecule has 1 heterocycles. The fourth-order valence-electron chi connectivity index (χ4n) is 2.33. The van der Waals surface area contributed by atoms with Gasteiger partial charge in [0.2, 0.25) is 0 Å². The highest BCUT2D eigenvalue weighted by molar-refractivity contribution is 5.95. The number of ether oxygens (including phenoxy) is 1. The molecule has 2 rings (SSSR count). The molecule has 0 radical (unpaired) electrons. The van der Waals surface area contributed by atoms with Gasteiger partial charge in [0.05, 0.1) is 5.69 Å². The average molecular weight is 276 g/mol. The van der Waals surface area contributed by atoms with Gasteiger partial charge in [0.25, 0.3) is 5.91 Å². The molecular weight excluding hydrogens is 252 g/mol. The van der Waals surface area contributed by atoms with Gasteiger partial charge < -0.3 is 15.4 Å². The van der Waals surface area contributed by atoms with Crippen molar-refractivity contribution in [2.75, 3.05) is 11.9 Å². The smallest absolute Gasteiger partial charge is 0.262 e. The second kappa shape index (κ2) is 7.29. The van der Waals surface area contributed by atoms with E-state index >= 15 is 0 Å². The molecule has 0 bridgehead atoms. The summed E-state index contributed by atoms with van der Waals surface area (Å²) in [4.78, 5) is 11.3. The van der Waals surface area contributed by atoms with Crippen molar-refractivity contribution in [3.63, 3.8) is 0 Å². The Morgan fingerprint density at radius 2 is 2.25 bits per heavy atom. The Kier molecular flexibility index (Phi) is 5.41. The van der Waals surface area contributed by atoms with Crippen molar-refractivity contribution in [3.05, 3.63) is 23.8 Å². The van der Waals surface area contributed by atoms with Gasteiger partial charge in [-0.15, -0.1) is 0 Å². The molecule has 0 saturated carbocycles. The van der Waals surface area contributed by atoms with E-state index in [2.05, 4.69) is 24.5 Å². The van der Waals surface area contributed by atoms with Crippen LogP contribution in [0.3, 0.4) is 0 Å². The Balaban J connectivity index is 1.84. The monoisotopic (exact) mass is 276 g/mol. The summed E-state index contributed by atoms with van der Waals surface area (Å²) in [5.74, 6) is 0.667. The van der Waals surface area contributed by atoms with Crippen molar-refractivity contribution >= 4 is 11.6 Å². The maximum Gasteiger partial charge on any atom is 0.262 e. The number of unbranched alkanes of at least 4 members (excludes halogenated alkanes) is 2. The molecule has 1 aliphatic heterocycles. The normalized spacial score (nSPS) is 15.2. The Labute approximate surface area is 120 Å². The summed E-state index contributed by atoms with van der Waals surface area (Å²) in [5.41, 5.74) is 1.94. The lowest BCUT2D eigenvalue weighted by Gasteiger charge is -2.19. The predicted octanol–water partition coefficient (Wildman–Crippen LogP) is 3.08. The van der Waals surface area contributed by atoms with Gasteiger partial charge in [0, 0.05) is 12.6 Å². The lowest BCUT2D eigenvalue weighted by atomic mass is 10.1. The van der Waals surface area contributed by atoms with Crippen molar-refractivity contribution in [2.24, 2.45) is 0 Å². The van der Waals surface area contributed by atoms with E-state index in [1.807, 2.05) is 18.2 Å². The van der Waals surface area contributed by atoms with Crippen LogP contribution in [0.15, 0.2) is 18.2 Å². The molecular formula is C16H24N2O2. The van der Waals surface area contributed by atoms with E-state index in [4.69, 9.17) is 4.74 Å². The van der Waals surface area contributed by atoms with Crippen molar-refractivity contribution in [1.82, 2.24) is 5.32 Å². The van der Waals surface area contributed by atoms with E-state index in [0.717, 1.165) is 23.5 Å². The van der Waals surface area contributed by atoms with Crippen LogP contribution in [0.5, 0.6) is 5.75 Å². The molecule has 0 aliphatic carbocycles. The standard InChI is InChI=1S/C16H24N2O2/c1-3-4-5-6-12(2)17-10-13-7-8-15-14(9-13)18-16(19)11-20-15/h7-9,12,17H,3-6,10-11H2,1-2H3,(H,18,19). The number of amides is 1. The minimum Gasteiger partial charge on any atom is -0.482 e. The highest BCUT2D eigenvalue weighted by atomic mass is 16.5. The van der Waals surface area contributed by atoms with Crippen molar-refractivity contribution in [3.8, 4) is 5.75 Å². The van der Waals surface area contributed by atoms with E-state index in [-0.39, 0.29) is 12.5 Å². The van der Waals surface area contributed by atoms with Crippen LogP contribution < -0.4 is 15.4 Å². The Morgan fingerprint density at radius 1 is 1.40 bits per heavy atom. The molecule has 20 heavy (non-hydrogen) atoms. The molecule has 0 aromatic heterocycles. The van der Waals surface area contributed by atoms with Gasteiger partial charge in [-0.05, 0) is 31.0 Å². The highest BCUT2D eigenvalue weighted by Crippen LogP contribution is 2.28. The molecule has 0 saturated heterocycles. The molecule has 4 heteroatoms. The Hall–Kier alpha value is -1.55. The van der Waals surface area contributed by atoms with E-state index in [9.17, 15) is 4.79 Å². The number of hydrogen-bond acceptors (Lipinski definition) is 3. The Bertz CT molecular complexity index is 460. The number of anilines is 1. The first kappa shape index (κ1) is 14.9. The second-order valence-corrected chi connectivity index (χ2v) is 5.45. The first-order valence-electron chi connectivity index (χ1n) is 7.48. The van der Waals surface area contributed by atoms with Crippen molar-refractivity contribution in [1.29, 1.82) is 0 Å². The summed E-state index contributed by atoms with van der Waals surface area (Å²) in [7, 11) is 0. The summed E-state index contributed by atoms with van der Waals surface area (Å²) >= 11 is 0. The molecule has 2 N–H and O–H groups in total. The number of fused-ring (bicyclic) bond motifs is 1. The van der Waals surface area contributed by atoms with Crippen LogP contribution in [-0.2, 0) is 11.3 Å². The van der Waals surface area contributed by atoms with Crippen LogP contribution in [0, 0.1) is 0 Å². The van der Waals surface area contributed by atoms with Gasteiger partial charge in [-0.3, -0.25) is 4.79 Å². The summed E-state index contributed by atoms with van der Waals surface area (Å²) in [6.07, 6.45) is 5.04. The zero-order chi connectivity index (χ0) is 14.4. The van der Waals surface area contributed by atoms with E-state index in [1.165, 1.54) is 25.7 Å². The van der Waals surface area contributed by atoms with E-state index in [1.54, 1.807) is 0 Å². The molecule has 1 aliphatic rings. The fourth-order valence-corrected chi connectivity index (χ4v) is 2.33. The van der Waals surface area contributed by atoms with Crippen molar-refractivity contribution < 1.29 is 9.53 Å². The van der Waals surface area contributed by atoms with Crippen LogP contribution >= 0.6 is 0 Å². The maximum absolute atomic E-state index is 11.3. The molecule has 1 unspecified atom stereocenters. The van der Waals surface area contributed by atoms with Crippen LogP contribution in [0.4, 0.5) is 5.69 Å². The van der Waals surface area contributed by atoms with E-state index in [0.29, 0.717) is 6.04 Å². The van der Waals surface area contributed by atoms with Gasteiger partial charge in [-0.2, -0.15) is 0 Å². The minimum absolute atomic E-state index is 0.0875. The van der Waals surface area contributed by atoms with Crippen LogP contribution in [0.25, 0.3) is 0 Å². The van der Waals surface area contributed by atoms with Crippen LogP contribution in [0.2, 0.25) is 0 Å². The summed E-state index contributed by atoms with van der Waals surface area (Å²) < 4.78 is 5.35. The molecule has 0 fully saturated rings. The third kappa shape index (κ3) is 4.23. The molecule has 4 nitrogen and oxygen atoms in total. The van der Waals surface area contributed by atoms with Gasteiger partial charge in [-0.1, -0.05) is 32.3 Å². The average Bonchev–Trinajstić information content (AvgIpc) is 2.45. The number of carbonyl (C=O) groups excluding carboxylic acids is 1. The lowest BCUT2D eigenvalue weighted by Crippen LogP contribution is -2.27. The van der Waals surface area contributed by atoms with Gasteiger partial charge >= 0.3 is 0 Å². The van der Waals surface area contributed by atoms with E-state index < -0.39 is 0 Å². The topological polar surface area (TPSA) is 50.4 Å². The zero-order valence-electron chi connectivity index (χ0n) is 12.4. The van der Waals surface area contributed by atoms with Gasteiger partial charge in [0.1, 0.15) is 5.75 Å². The number of rotatable bonds is 7. The van der Waals surface area contributed by atoms with Crippen molar-refractivity contribution in [2.45, 2.75) is 52.1 Å². The lowest BCUT2D eigenvalue weighted by molar-refractivity contribution is -0.118. The third-order valence-corrected chi connectivity index (χ3v) is 3.57. The quantitative estimate of drug-likeness (QED) is 0.752. The number of nitrogens with one attached hydrogen (secondary N) is 2. The number of hydrogen-bond donors (Lipinski definition) is 2. The first-order chi connectivity index (χ1) is 9.69. The first-order valence-corrected chi connectivity index (χ1v) is 7.48. The minimum atomic E-state index is -0.0875. The van der Waals surface area contributed by atoms with Gasteiger partial charge in [-0.25, -0.2) is 0 Å². The second-order valence-electron chi connectivity index (χ2n) is 5.45. The number of benzene rings is 1. The molecule has 1 atom stereocenters. The SMILES string of the molecule is CCCCCC(C)NCc1ccc2c(c1)NC(=O)CO2. The third-order valence-electron chi connectivity index (χ3n) is 3.57. The summed E-state index contributed by atoms with van der Waals surface area (Å²) in [6.45, 7) is 5.37. The molecule has 1 amide bonds. The molecule has 0 spiro atoms. The highest BCUT2D eigenvalue weighted by Gasteiger charge is 2.15. The predicted molar refractivity (Wildman–Crippen MR) is 81.0 cm³/mol. The zero-order valence-corrected chi connectivity index (χ0v) is 12.4. The van der Waals surface area contributed by atoms with Gasteiger partial charge in [0.15, 0.2) is 6.61 Å². The van der Waals surface area contributed by atoms with Crippen LogP contribution in [-0.4, -0.2) is 18.6 Å². The fraction of sp³-hybridized carbons (Fsp3) is 0.562. The molecule has 110 valence electrons. The molecule has 1 aromatic carbocycles. The summed E-state index contributed by atoms with van der Waals surface area (Å²) in [5, 5.41) is 6.36. The summed E-state index contributed by atoms with van der Waals surface area (Å²) in [6, 6.07) is 6.47. The van der Waals surface area contributed by atoms with Crippen LogP contribution in [0.1, 0.15) is 45.1 Å². The Morgan fingerprint density at radius 3 is 3.05 bits per heavy atom.